The highest BCUT2D eigenvalue weighted by Gasteiger charge is 2.16. The topological polar surface area (TPSA) is 90.2 Å². The number of carbonyl (C=O) groups is 1. The first kappa shape index (κ1) is 17.1. The van der Waals surface area contributed by atoms with E-state index in [4.69, 9.17) is 11.5 Å². The van der Waals surface area contributed by atoms with Crippen molar-refractivity contribution in [2.24, 2.45) is 11.5 Å². The highest BCUT2D eigenvalue weighted by molar-refractivity contribution is 5.97. The maximum Gasteiger partial charge on any atom is 0.254 e. The molecule has 0 aliphatic heterocycles. The molecule has 1 heterocycles. The van der Waals surface area contributed by atoms with Crippen LogP contribution in [0.2, 0.25) is 0 Å². The van der Waals surface area contributed by atoms with Crippen LogP contribution in [0.4, 0.5) is 0 Å². The summed E-state index contributed by atoms with van der Waals surface area (Å²) in [5.74, 6) is -0.0668. The zero-order chi connectivity index (χ0) is 17.8. The summed E-state index contributed by atoms with van der Waals surface area (Å²) in [6.07, 6.45) is 1.78. The molecule has 0 unspecified atom stereocenters. The third kappa shape index (κ3) is 3.55. The molecule has 130 valence electrons. The van der Waals surface area contributed by atoms with Crippen LogP contribution in [0.15, 0.2) is 48.8 Å². The first-order valence-electron chi connectivity index (χ1n) is 8.37. The van der Waals surface area contributed by atoms with E-state index in [2.05, 4.69) is 24.0 Å². The predicted octanol–water partition coefficient (Wildman–Crippen LogP) is 1.69. The zero-order valence-corrected chi connectivity index (χ0v) is 14.4. The maximum atomic E-state index is 12.7. The van der Waals surface area contributed by atoms with Gasteiger partial charge in [0.1, 0.15) is 6.33 Å². The van der Waals surface area contributed by atoms with Gasteiger partial charge in [0, 0.05) is 37.4 Å². The van der Waals surface area contributed by atoms with Crippen molar-refractivity contribution in [3.8, 4) is 5.69 Å². The van der Waals surface area contributed by atoms with E-state index < -0.39 is 0 Å². The third-order valence-corrected chi connectivity index (χ3v) is 4.16. The molecule has 1 amide bonds. The number of nitrogens with zero attached hydrogens (tertiary/aromatic N) is 3. The zero-order valence-electron chi connectivity index (χ0n) is 14.4. The minimum absolute atomic E-state index is 0.0668. The maximum absolute atomic E-state index is 12.7. The van der Waals surface area contributed by atoms with Crippen LogP contribution in [0.3, 0.4) is 0 Å². The Balaban J connectivity index is 1.95. The number of aromatic nitrogens is 2. The average Bonchev–Trinajstić information content (AvgIpc) is 3.04. The number of fused-ring (bicyclic) bond motifs is 1. The molecule has 3 aromatic rings. The third-order valence-electron chi connectivity index (χ3n) is 4.16. The lowest BCUT2D eigenvalue weighted by molar-refractivity contribution is 0.0765. The summed E-state index contributed by atoms with van der Waals surface area (Å²) >= 11 is 0. The van der Waals surface area contributed by atoms with Crippen molar-refractivity contribution in [1.82, 2.24) is 14.5 Å². The van der Waals surface area contributed by atoms with Gasteiger partial charge in [-0.2, -0.15) is 0 Å². The van der Waals surface area contributed by atoms with Crippen molar-refractivity contribution >= 4 is 16.9 Å². The van der Waals surface area contributed by atoms with Crippen molar-refractivity contribution in [3.05, 3.63) is 59.9 Å². The minimum atomic E-state index is -0.0668. The Morgan fingerprint density at radius 1 is 1.12 bits per heavy atom. The first-order valence-corrected chi connectivity index (χ1v) is 8.37. The van der Waals surface area contributed by atoms with Crippen molar-refractivity contribution in [2.45, 2.75) is 6.92 Å². The number of aryl methyl sites for hydroxylation is 1. The molecule has 0 saturated heterocycles. The van der Waals surface area contributed by atoms with Crippen molar-refractivity contribution in [2.75, 3.05) is 26.2 Å². The van der Waals surface area contributed by atoms with Crippen LogP contribution in [0.25, 0.3) is 16.7 Å². The number of carbonyl (C=O) groups excluding carboxylic acids is 1. The molecule has 0 aliphatic carbocycles. The van der Waals surface area contributed by atoms with Gasteiger partial charge in [0.15, 0.2) is 0 Å². The van der Waals surface area contributed by atoms with Crippen LogP contribution in [0.1, 0.15) is 15.9 Å². The largest absolute Gasteiger partial charge is 0.336 e. The number of hydrogen-bond donors (Lipinski definition) is 2. The lowest BCUT2D eigenvalue weighted by atomic mass is 10.1. The monoisotopic (exact) mass is 337 g/mol. The Bertz CT molecular complexity index is 880. The van der Waals surface area contributed by atoms with Gasteiger partial charge in [-0.05, 0) is 42.8 Å². The molecule has 1 aromatic heterocycles. The van der Waals surface area contributed by atoms with Crippen molar-refractivity contribution in [1.29, 1.82) is 0 Å². The van der Waals surface area contributed by atoms with E-state index >= 15 is 0 Å². The highest BCUT2D eigenvalue weighted by Crippen LogP contribution is 2.21. The first-order chi connectivity index (χ1) is 12.1. The van der Waals surface area contributed by atoms with Gasteiger partial charge in [-0.25, -0.2) is 4.98 Å². The molecule has 0 bridgehead atoms. The van der Waals surface area contributed by atoms with E-state index in [1.54, 1.807) is 11.2 Å². The van der Waals surface area contributed by atoms with Gasteiger partial charge in [-0.15, -0.1) is 0 Å². The smallest absolute Gasteiger partial charge is 0.254 e. The Labute approximate surface area is 147 Å². The van der Waals surface area contributed by atoms with Crippen molar-refractivity contribution < 1.29 is 4.79 Å². The van der Waals surface area contributed by atoms with Crippen LogP contribution >= 0.6 is 0 Å². The van der Waals surface area contributed by atoms with Gasteiger partial charge < -0.3 is 16.4 Å². The number of benzene rings is 2. The number of rotatable bonds is 6. The predicted molar refractivity (Wildman–Crippen MR) is 99.8 cm³/mol. The van der Waals surface area contributed by atoms with E-state index in [9.17, 15) is 4.79 Å². The molecule has 25 heavy (non-hydrogen) atoms. The Morgan fingerprint density at radius 2 is 1.88 bits per heavy atom. The quantitative estimate of drug-likeness (QED) is 0.716. The normalized spacial score (nSPS) is 11.0. The van der Waals surface area contributed by atoms with Gasteiger partial charge in [0.2, 0.25) is 0 Å². The molecule has 3 rings (SSSR count). The summed E-state index contributed by atoms with van der Waals surface area (Å²) in [6, 6.07) is 13.8. The summed E-state index contributed by atoms with van der Waals surface area (Å²) in [5, 5.41) is 0. The molecule has 2 aromatic carbocycles. The van der Waals surface area contributed by atoms with Crippen LogP contribution in [-0.4, -0.2) is 46.5 Å². The minimum Gasteiger partial charge on any atom is -0.336 e. The van der Waals surface area contributed by atoms with Crippen molar-refractivity contribution in [3.63, 3.8) is 0 Å². The fraction of sp³-hybridized carbons (Fsp3) is 0.263. The van der Waals surface area contributed by atoms with E-state index in [0.29, 0.717) is 31.7 Å². The Hall–Kier alpha value is -2.70. The van der Waals surface area contributed by atoms with E-state index in [-0.39, 0.29) is 5.91 Å². The molecule has 0 atom stereocenters. The van der Waals surface area contributed by atoms with E-state index in [0.717, 1.165) is 16.7 Å². The molecule has 0 radical (unpaired) electrons. The number of hydrogen-bond acceptors (Lipinski definition) is 4. The molecule has 0 aliphatic rings. The second-order valence-corrected chi connectivity index (χ2v) is 6.03. The summed E-state index contributed by atoms with van der Waals surface area (Å²) in [7, 11) is 0. The van der Waals surface area contributed by atoms with Crippen LogP contribution < -0.4 is 11.5 Å². The van der Waals surface area contributed by atoms with Crippen LogP contribution in [-0.2, 0) is 0 Å². The van der Waals surface area contributed by atoms with Gasteiger partial charge in [0.25, 0.3) is 5.91 Å². The summed E-state index contributed by atoms with van der Waals surface area (Å²) in [6.45, 7) is 3.87. The molecule has 0 fully saturated rings. The van der Waals surface area contributed by atoms with Gasteiger partial charge in [0.05, 0.1) is 11.0 Å². The lowest BCUT2D eigenvalue weighted by Crippen LogP contribution is -2.38. The lowest BCUT2D eigenvalue weighted by Gasteiger charge is -2.21. The number of imidazole rings is 1. The Morgan fingerprint density at radius 3 is 2.56 bits per heavy atom. The van der Waals surface area contributed by atoms with Crippen LogP contribution in [0.5, 0.6) is 0 Å². The molecular formula is C19H23N5O. The van der Waals surface area contributed by atoms with Gasteiger partial charge >= 0.3 is 0 Å². The SMILES string of the molecule is Cc1cccc(-n2cnc3cc(C(=O)N(CCN)CCN)ccc32)c1. The molecule has 6 heteroatoms. The summed E-state index contributed by atoms with van der Waals surface area (Å²) < 4.78 is 2.02. The second-order valence-electron chi connectivity index (χ2n) is 6.03. The van der Waals surface area contributed by atoms with Gasteiger partial charge in [-0.1, -0.05) is 12.1 Å². The van der Waals surface area contributed by atoms with E-state index in [1.165, 1.54) is 5.56 Å². The number of amides is 1. The average molecular weight is 337 g/mol. The molecule has 4 N–H and O–H groups in total. The fourth-order valence-corrected chi connectivity index (χ4v) is 2.94. The summed E-state index contributed by atoms with van der Waals surface area (Å²) in [4.78, 5) is 18.8. The summed E-state index contributed by atoms with van der Waals surface area (Å²) in [5.41, 5.74) is 15.8. The van der Waals surface area contributed by atoms with Crippen LogP contribution in [0, 0.1) is 6.92 Å². The second kappa shape index (κ2) is 7.46. The fourth-order valence-electron chi connectivity index (χ4n) is 2.94. The van der Waals surface area contributed by atoms with E-state index in [1.807, 2.05) is 34.9 Å². The highest BCUT2D eigenvalue weighted by atomic mass is 16.2. The number of nitrogens with two attached hydrogens (primary N) is 2. The molecule has 0 spiro atoms. The molecular weight excluding hydrogens is 314 g/mol. The molecule has 0 saturated carbocycles. The molecule has 6 nitrogen and oxygen atoms in total. The Kier molecular flexibility index (Phi) is 5.11. The van der Waals surface area contributed by atoms with Gasteiger partial charge in [-0.3, -0.25) is 9.36 Å². The standard InChI is InChI=1S/C19H23N5O/c1-14-3-2-4-16(11-14)24-13-22-17-12-15(5-6-18(17)24)19(25)23(9-7-20)10-8-21/h2-6,11-13H,7-10,20-21H2,1H3.